The Kier molecular flexibility index (Phi) is 14.1. The van der Waals surface area contributed by atoms with Gasteiger partial charge in [-0.05, 0) is 25.7 Å². The Morgan fingerprint density at radius 3 is 1.48 bits per heavy atom. The molecule has 0 amide bonds. The summed E-state index contributed by atoms with van der Waals surface area (Å²) in [4.78, 5) is 31.6. The first-order valence-electron chi connectivity index (χ1n) is 8.80. The van der Waals surface area contributed by atoms with Gasteiger partial charge in [-0.25, -0.2) is 9.59 Å². The summed E-state index contributed by atoms with van der Waals surface area (Å²) < 4.78 is 21.8. The Labute approximate surface area is 150 Å². The van der Waals surface area contributed by atoms with Crippen molar-refractivity contribution in [2.45, 2.75) is 51.4 Å². The lowest BCUT2D eigenvalue weighted by molar-refractivity contribution is -0.138. The minimum Gasteiger partial charge on any atom is -0.463 e. The monoisotopic (exact) mass is 374 g/mol. The Balaban J connectivity index is 3.50. The van der Waals surface area contributed by atoms with Gasteiger partial charge in [-0.3, -0.25) is 4.57 Å². The second kappa shape index (κ2) is 14.9. The Hall–Kier alpha value is -1.39. The van der Waals surface area contributed by atoms with Crippen LogP contribution < -0.4 is 0 Å². The summed E-state index contributed by atoms with van der Waals surface area (Å²) in [6.07, 6.45) is 9.33. The Bertz CT molecular complexity index is 422. The normalized spacial score (nSPS) is 10.9. The molecule has 0 aromatic heterocycles. The van der Waals surface area contributed by atoms with Crippen molar-refractivity contribution in [1.82, 2.24) is 0 Å². The van der Waals surface area contributed by atoms with Gasteiger partial charge in [0.1, 0.15) is 0 Å². The van der Waals surface area contributed by atoms with Crippen molar-refractivity contribution >= 4 is 19.3 Å². The maximum absolute atomic E-state index is 12.0. The van der Waals surface area contributed by atoms with Gasteiger partial charge in [-0.2, -0.15) is 0 Å². The van der Waals surface area contributed by atoms with Crippen molar-refractivity contribution in [3.8, 4) is 0 Å². The van der Waals surface area contributed by atoms with Gasteiger partial charge in [-0.15, -0.1) is 0 Å². The summed E-state index contributed by atoms with van der Waals surface area (Å²) in [5.41, 5.74) is 0. The molecule has 0 aliphatic rings. The van der Waals surface area contributed by atoms with Crippen LogP contribution in [0.15, 0.2) is 25.3 Å². The third-order valence-electron chi connectivity index (χ3n) is 3.63. The smallest absolute Gasteiger partial charge is 0.330 e. The summed E-state index contributed by atoms with van der Waals surface area (Å²) in [7, 11) is -3.04. The van der Waals surface area contributed by atoms with Crippen LogP contribution in [0.3, 0.4) is 0 Å². The summed E-state index contributed by atoms with van der Waals surface area (Å²) in [5.74, 6) is -0.836. The SMILES string of the molecule is C=CC(=O)OCCCCCCP(=O)(O)CCCCCCOC(=O)C=C. The van der Waals surface area contributed by atoms with E-state index in [0.29, 0.717) is 38.4 Å². The van der Waals surface area contributed by atoms with Crippen molar-refractivity contribution in [2.24, 2.45) is 0 Å². The van der Waals surface area contributed by atoms with Crippen molar-refractivity contribution in [3.63, 3.8) is 0 Å². The van der Waals surface area contributed by atoms with E-state index in [2.05, 4.69) is 13.2 Å². The van der Waals surface area contributed by atoms with Gasteiger partial charge in [0, 0.05) is 24.5 Å². The molecule has 0 unspecified atom stereocenters. The van der Waals surface area contributed by atoms with Gasteiger partial charge in [0.05, 0.1) is 13.2 Å². The fourth-order valence-corrected chi connectivity index (χ4v) is 3.86. The van der Waals surface area contributed by atoms with E-state index in [0.717, 1.165) is 50.7 Å². The minimum absolute atomic E-state index is 0.344. The lowest BCUT2D eigenvalue weighted by Gasteiger charge is -2.11. The predicted molar refractivity (Wildman–Crippen MR) is 98.8 cm³/mol. The molecule has 0 saturated carbocycles. The van der Waals surface area contributed by atoms with Crippen LogP contribution in [0.25, 0.3) is 0 Å². The van der Waals surface area contributed by atoms with Crippen LogP contribution in [0.2, 0.25) is 0 Å². The molecule has 0 radical (unpaired) electrons. The Morgan fingerprint density at radius 1 is 0.760 bits per heavy atom. The highest BCUT2D eigenvalue weighted by atomic mass is 31.2. The zero-order valence-electron chi connectivity index (χ0n) is 15.0. The number of hydrogen-bond acceptors (Lipinski definition) is 5. The lowest BCUT2D eigenvalue weighted by atomic mass is 10.2. The number of hydrogen-bond donors (Lipinski definition) is 1. The van der Waals surface area contributed by atoms with Crippen molar-refractivity contribution in [3.05, 3.63) is 25.3 Å². The molecule has 0 atom stereocenters. The number of carbonyl (C=O) groups is 2. The highest BCUT2D eigenvalue weighted by Gasteiger charge is 2.16. The molecule has 1 N–H and O–H groups in total. The molecule has 7 heteroatoms. The second-order valence-corrected chi connectivity index (χ2v) is 8.45. The average molecular weight is 374 g/mol. The van der Waals surface area contributed by atoms with E-state index in [1.54, 1.807) is 0 Å². The average Bonchev–Trinajstić information content (AvgIpc) is 2.59. The van der Waals surface area contributed by atoms with Gasteiger partial charge in [-0.1, -0.05) is 38.8 Å². The van der Waals surface area contributed by atoms with Crippen LogP contribution >= 0.6 is 7.37 Å². The van der Waals surface area contributed by atoms with Crippen LogP contribution in [0, 0.1) is 0 Å². The second-order valence-electron chi connectivity index (χ2n) is 5.87. The van der Waals surface area contributed by atoms with Gasteiger partial charge in [0.15, 0.2) is 0 Å². The van der Waals surface area contributed by atoms with Gasteiger partial charge < -0.3 is 14.4 Å². The molecule has 0 aromatic carbocycles. The third kappa shape index (κ3) is 15.9. The number of esters is 2. The number of ether oxygens (including phenoxy) is 2. The first kappa shape index (κ1) is 23.6. The van der Waals surface area contributed by atoms with E-state index in [1.807, 2.05) is 0 Å². The molecular weight excluding hydrogens is 343 g/mol. The molecular formula is C18H31O6P. The fourth-order valence-electron chi connectivity index (χ4n) is 2.20. The summed E-state index contributed by atoms with van der Waals surface area (Å²) in [5, 5.41) is 0. The summed E-state index contributed by atoms with van der Waals surface area (Å²) in [6.45, 7) is 7.36. The van der Waals surface area contributed by atoms with Crippen molar-refractivity contribution in [1.29, 1.82) is 0 Å². The molecule has 0 fully saturated rings. The highest BCUT2D eigenvalue weighted by Crippen LogP contribution is 2.42. The number of carbonyl (C=O) groups excluding carboxylic acids is 2. The Morgan fingerprint density at radius 2 is 1.12 bits per heavy atom. The number of rotatable bonds is 16. The summed E-state index contributed by atoms with van der Waals surface area (Å²) in [6, 6.07) is 0. The molecule has 0 aliphatic heterocycles. The molecule has 0 rings (SSSR count). The molecule has 6 nitrogen and oxygen atoms in total. The fraction of sp³-hybridized carbons (Fsp3) is 0.667. The lowest BCUT2D eigenvalue weighted by Crippen LogP contribution is -2.02. The minimum atomic E-state index is -3.04. The van der Waals surface area contributed by atoms with Gasteiger partial charge in [0.2, 0.25) is 7.37 Å². The van der Waals surface area contributed by atoms with E-state index >= 15 is 0 Å². The molecule has 0 aliphatic carbocycles. The summed E-state index contributed by atoms with van der Waals surface area (Å²) >= 11 is 0. The zero-order chi connectivity index (χ0) is 19.0. The molecule has 25 heavy (non-hydrogen) atoms. The van der Waals surface area contributed by atoms with E-state index in [-0.39, 0.29) is 0 Å². The van der Waals surface area contributed by atoms with E-state index in [4.69, 9.17) is 9.47 Å². The van der Waals surface area contributed by atoms with Crippen LogP contribution in [-0.2, 0) is 23.6 Å². The van der Waals surface area contributed by atoms with Crippen molar-refractivity contribution in [2.75, 3.05) is 25.5 Å². The molecule has 144 valence electrons. The first-order valence-corrected chi connectivity index (χ1v) is 10.8. The molecule has 0 aromatic rings. The van der Waals surface area contributed by atoms with Crippen LogP contribution in [0.1, 0.15) is 51.4 Å². The van der Waals surface area contributed by atoms with E-state index < -0.39 is 19.3 Å². The van der Waals surface area contributed by atoms with Crippen LogP contribution in [-0.4, -0.2) is 42.4 Å². The number of unbranched alkanes of at least 4 members (excludes halogenated alkanes) is 6. The highest BCUT2D eigenvalue weighted by molar-refractivity contribution is 7.57. The molecule has 0 spiro atoms. The van der Waals surface area contributed by atoms with E-state index in [1.165, 1.54) is 0 Å². The molecule has 0 heterocycles. The maximum atomic E-state index is 12.0. The molecule has 0 bridgehead atoms. The van der Waals surface area contributed by atoms with E-state index in [9.17, 15) is 19.0 Å². The van der Waals surface area contributed by atoms with Crippen LogP contribution in [0.5, 0.6) is 0 Å². The zero-order valence-corrected chi connectivity index (χ0v) is 15.9. The van der Waals surface area contributed by atoms with Gasteiger partial charge in [0.25, 0.3) is 0 Å². The topological polar surface area (TPSA) is 89.9 Å². The molecule has 0 saturated heterocycles. The predicted octanol–water partition coefficient (Wildman–Crippen LogP) is 3.84. The third-order valence-corrected chi connectivity index (χ3v) is 5.66. The van der Waals surface area contributed by atoms with Gasteiger partial charge >= 0.3 is 11.9 Å². The quantitative estimate of drug-likeness (QED) is 0.191. The largest absolute Gasteiger partial charge is 0.463 e. The van der Waals surface area contributed by atoms with Crippen LogP contribution in [0.4, 0.5) is 0 Å². The van der Waals surface area contributed by atoms with Crippen molar-refractivity contribution < 1.29 is 28.5 Å². The maximum Gasteiger partial charge on any atom is 0.330 e. The first-order chi connectivity index (χ1) is 11.9. The standard InChI is InChI=1S/C18H31O6P/c1-3-17(19)23-13-9-5-7-11-15-25(21,22)16-12-8-6-10-14-24-18(20)4-2/h3-4H,1-2,5-16H2,(H,21,22).